The highest BCUT2D eigenvalue weighted by molar-refractivity contribution is 6.24. The van der Waals surface area contributed by atoms with Gasteiger partial charge >= 0.3 is 0 Å². The van der Waals surface area contributed by atoms with E-state index in [4.69, 9.17) is 4.42 Å². The number of Topliss-reactive ketones (excluding diaryl/α,β-unsaturated/α-hetero) is 3. The molecular weight excluding hydrogens is 548 g/mol. The number of aromatic hydroxyl groups is 1. The first-order chi connectivity index (χ1) is 20.2. The summed E-state index contributed by atoms with van der Waals surface area (Å²) in [6.07, 6.45) is 5.92. The second kappa shape index (κ2) is 9.68. The smallest absolute Gasteiger partial charge is 0.203 e. The summed E-state index contributed by atoms with van der Waals surface area (Å²) < 4.78 is 6.29. The van der Waals surface area contributed by atoms with Crippen LogP contribution in [0.2, 0.25) is 0 Å². The number of phenols is 1. The fourth-order valence-electron chi connectivity index (χ4n) is 9.08. The van der Waals surface area contributed by atoms with Crippen molar-refractivity contribution in [2.75, 3.05) is 0 Å². The minimum absolute atomic E-state index is 0.0467. The van der Waals surface area contributed by atoms with Gasteiger partial charge in [0, 0.05) is 34.3 Å². The second-order valence-corrected chi connectivity index (χ2v) is 14.1. The first kappa shape index (κ1) is 29.4. The molecule has 6 rings (SSSR count). The topological polar surface area (TPSA) is 145 Å². The number of hydrogen-bond acceptors (Lipinski definition) is 8. The molecule has 0 spiro atoms. The van der Waals surface area contributed by atoms with Crippen molar-refractivity contribution in [2.45, 2.75) is 85.2 Å². The summed E-state index contributed by atoms with van der Waals surface area (Å²) in [6.45, 7) is 8.10. The van der Waals surface area contributed by atoms with Crippen molar-refractivity contribution < 1.29 is 39.2 Å². The van der Waals surface area contributed by atoms with Crippen LogP contribution in [0.5, 0.6) is 5.75 Å². The molecule has 4 aliphatic rings. The van der Waals surface area contributed by atoms with Crippen LogP contribution in [0.4, 0.5) is 0 Å². The molecule has 8 heteroatoms. The minimum atomic E-state index is -2.62. The maximum absolute atomic E-state index is 14.4. The van der Waals surface area contributed by atoms with Crippen molar-refractivity contribution >= 4 is 23.1 Å². The molecule has 1 aromatic heterocycles. The first-order valence-corrected chi connectivity index (χ1v) is 15.3. The number of rotatable bonds is 5. The number of carbonyl (C=O) groups is 3. The third kappa shape index (κ3) is 3.94. The van der Waals surface area contributed by atoms with Crippen molar-refractivity contribution in [1.29, 1.82) is 0 Å². The Morgan fingerprint density at radius 3 is 2.35 bits per heavy atom. The number of allylic oxidation sites excluding steroid dienone is 1. The van der Waals surface area contributed by atoms with E-state index in [1.807, 2.05) is 12.1 Å². The number of furan rings is 1. The minimum Gasteiger partial charge on any atom is -0.508 e. The number of fused-ring (bicyclic) bond motifs is 3. The van der Waals surface area contributed by atoms with Crippen LogP contribution in [0.25, 0.3) is 17.1 Å². The van der Waals surface area contributed by atoms with Crippen LogP contribution >= 0.6 is 0 Å². The van der Waals surface area contributed by atoms with Crippen LogP contribution < -0.4 is 0 Å². The van der Waals surface area contributed by atoms with Crippen LogP contribution in [-0.2, 0) is 27.2 Å². The number of ketones is 3. The first-order valence-electron chi connectivity index (χ1n) is 15.3. The maximum atomic E-state index is 14.4. The molecule has 0 bridgehead atoms. The number of hydrogen-bond donors (Lipinski definition) is 4. The Morgan fingerprint density at radius 1 is 1.05 bits per heavy atom. The molecule has 43 heavy (non-hydrogen) atoms. The lowest BCUT2D eigenvalue weighted by Crippen LogP contribution is -2.69. The molecule has 2 aromatic rings. The Kier molecular flexibility index (Phi) is 6.62. The summed E-state index contributed by atoms with van der Waals surface area (Å²) in [5, 5.41) is 46.2. The Hall–Kier alpha value is -3.65. The Labute approximate surface area is 251 Å². The normalized spacial score (nSPS) is 31.0. The zero-order chi connectivity index (χ0) is 31.2. The summed E-state index contributed by atoms with van der Waals surface area (Å²) in [5.74, 6) is -3.27. The lowest BCUT2D eigenvalue weighted by Gasteiger charge is -2.59. The summed E-state index contributed by atoms with van der Waals surface area (Å²) >= 11 is 0. The Morgan fingerprint density at radius 2 is 1.72 bits per heavy atom. The average molecular weight is 589 g/mol. The molecule has 0 saturated heterocycles. The number of phenolic OH excluding ortho intramolecular Hbond substituents is 1. The second-order valence-electron chi connectivity index (χ2n) is 14.1. The van der Waals surface area contributed by atoms with Gasteiger partial charge in [-0.05, 0) is 61.4 Å². The van der Waals surface area contributed by atoms with Crippen molar-refractivity contribution in [1.82, 2.24) is 0 Å². The highest BCUT2D eigenvalue weighted by Crippen LogP contribution is 2.65. The summed E-state index contributed by atoms with van der Waals surface area (Å²) in [7, 11) is 0. The summed E-state index contributed by atoms with van der Waals surface area (Å²) in [5.41, 5.74) is -4.58. The molecule has 0 radical (unpaired) electrons. The van der Waals surface area contributed by atoms with Gasteiger partial charge in [-0.2, -0.15) is 0 Å². The van der Waals surface area contributed by atoms with Gasteiger partial charge in [-0.25, -0.2) is 0 Å². The Balaban J connectivity index is 1.53. The van der Waals surface area contributed by atoms with E-state index in [1.165, 1.54) is 31.7 Å². The van der Waals surface area contributed by atoms with Gasteiger partial charge in [0.2, 0.25) is 5.78 Å². The molecule has 0 aliphatic heterocycles. The van der Waals surface area contributed by atoms with Gasteiger partial charge in [0.15, 0.2) is 17.2 Å². The molecule has 1 unspecified atom stereocenters. The average Bonchev–Trinajstić information content (AvgIpc) is 3.58. The van der Waals surface area contributed by atoms with E-state index in [9.17, 15) is 34.8 Å². The fourth-order valence-corrected chi connectivity index (χ4v) is 9.08. The van der Waals surface area contributed by atoms with Gasteiger partial charge < -0.3 is 24.8 Å². The molecule has 4 aliphatic carbocycles. The van der Waals surface area contributed by atoms with Gasteiger partial charge in [0.1, 0.15) is 34.4 Å². The van der Waals surface area contributed by atoms with Gasteiger partial charge in [0.05, 0.1) is 5.56 Å². The van der Waals surface area contributed by atoms with E-state index in [1.54, 1.807) is 33.8 Å². The molecule has 2 saturated carbocycles. The fraction of sp³-hybridized carbons (Fsp3) is 0.514. The number of aliphatic hydroxyl groups excluding tert-OH is 2. The van der Waals surface area contributed by atoms with E-state index in [0.717, 1.165) is 19.1 Å². The number of benzene rings is 1. The lowest BCUT2D eigenvalue weighted by molar-refractivity contribution is -0.178. The predicted molar refractivity (Wildman–Crippen MR) is 159 cm³/mol. The van der Waals surface area contributed by atoms with Crippen LogP contribution in [0.15, 0.2) is 45.6 Å². The SMILES string of the molecule is CC(=O)C1=C(O)[C@]2(O)C(=O)C3=C(O)c4c(O)ccc(-c5ccc(CC6CCCC6)o5)c4C[C@]3(C)C[C@]2(C)C(C(C)C)C1=O. The molecule has 2 fully saturated rings. The zero-order valence-electron chi connectivity index (χ0n) is 25.4. The molecule has 4 atom stereocenters. The zero-order valence-corrected chi connectivity index (χ0v) is 25.4. The van der Waals surface area contributed by atoms with Crippen molar-refractivity contribution in [3.05, 3.63) is 58.1 Å². The quantitative estimate of drug-likeness (QED) is 0.303. The predicted octanol–water partition coefficient (Wildman–Crippen LogP) is 6.18. The van der Waals surface area contributed by atoms with Crippen molar-refractivity contribution in [3.63, 3.8) is 0 Å². The standard InChI is InChI=1S/C35H40O8/c1-17(2)27-29(38)25(18(3)36)31(40)35(42)32(41)28-30(39)26-22(15-33(28,4)16-34(27,35)5)21(11-12-23(26)37)24-13-10-20(43-24)14-19-8-6-7-9-19/h10-13,17,19,27,37,39-40,42H,6-9,14-16H2,1-5H3/t27?,33-,34-,35+/m1/s1. The summed E-state index contributed by atoms with van der Waals surface area (Å²) in [4.78, 5) is 40.7. The van der Waals surface area contributed by atoms with Crippen LogP contribution in [0, 0.1) is 28.6 Å². The van der Waals surface area contributed by atoms with Gasteiger partial charge in [-0.1, -0.05) is 53.4 Å². The Bertz CT molecular complexity index is 1630. The van der Waals surface area contributed by atoms with E-state index in [0.29, 0.717) is 22.8 Å². The largest absolute Gasteiger partial charge is 0.508 e. The monoisotopic (exact) mass is 588 g/mol. The van der Waals surface area contributed by atoms with E-state index < -0.39 is 56.8 Å². The van der Waals surface area contributed by atoms with Crippen molar-refractivity contribution in [2.24, 2.45) is 28.6 Å². The van der Waals surface area contributed by atoms with Gasteiger partial charge in [-0.15, -0.1) is 0 Å². The van der Waals surface area contributed by atoms with Crippen LogP contribution in [0.1, 0.15) is 83.6 Å². The highest BCUT2D eigenvalue weighted by Gasteiger charge is 2.72. The molecule has 228 valence electrons. The van der Waals surface area contributed by atoms with E-state index in [2.05, 4.69) is 0 Å². The molecule has 4 N–H and O–H groups in total. The van der Waals surface area contributed by atoms with Gasteiger partial charge in [0.25, 0.3) is 0 Å². The van der Waals surface area contributed by atoms with Crippen LogP contribution in [-0.4, -0.2) is 43.4 Å². The maximum Gasteiger partial charge on any atom is 0.203 e. The van der Waals surface area contributed by atoms with E-state index in [-0.39, 0.29) is 35.6 Å². The molecule has 0 amide bonds. The van der Waals surface area contributed by atoms with Crippen molar-refractivity contribution in [3.8, 4) is 17.1 Å². The molecule has 8 nitrogen and oxygen atoms in total. The number of carbonyl (C=O) groups excluding carboxylic acids is 3. The molecule has 1 heterocycles. The number of aliphatic hydroxyl groups is 3. The van der Waals surface area contributed by atoms with Gasteiger partial charge in [-0.3, -0.25) is 14.4 Å². The third-order valence-electron chi connectivity index (χ3n) is 10.8. The summed E-state index contributed by atoms with van der Waals surface area (Å²) in [6, 6.07) is 7.04. The highest BCUT2D eigenvalue weighted by atomic mass is 16.4. The lowest BCUT2D eigenvalue weighted by atomic mass is 9.43. The van der Waals surface area contributed by atoms with Crippen LogP contribution in [0.3, 0.4) is 0 Å². The molecular formula is C35H40O8. The molecule has 1 aromatic carbocycles. The third-order valence-corrected chi connectivity index (χ3v) is 10.8. The van der Waals surface area contributed by atoms with E-state index >= 15 is 0 Å².